The van der Waals surface area contributed by atoms with E-state index in [2.05, 4.69) is 425 Å². The molecular formula is C102H67BN4. The summed E-state index contributed by atoms with van der Waals surface area (Å²) in [5.41, 5.74) is 35.6. The van der Waals surface area contributed by atoms with E-state index in [9.17, 15) is 0 Å². The molecule has 17 aromatic carbocycles. The van der Waals surface area contributed by atoms with Gasteiger partial charge in [-0.15, -0.1) is 0 Å². The quantitative estimate of drug-likeness (QED) is 0.113. The molecule has 0 unspecified atom stereocenters. The molecule has 0 N–H and O–H groups in total. The molecule has 0 bridgehead atoms. The fraction of sp³-hybridized carbons (Fsp3) is 0. The minimum atomic E-state index is -0.293. The zero-order valence-electron chi connectivity index (χ0n) is 58.5. The minimum absolute atomic E-state index is 0.293. The van der Waals surface area contributed by atoms with Gasteiger partial charge in [0.15, 0.2) is 0 Å². The minimum Gasteiger partial charge on any atom is -0.311 e. The van der Waals surface area contributed by atoms with E-state index >= 15 is 0 Å². The summed E-state index contributed by atoms with van der Waals surface area (Å²) in [4.78, 5) is 5.21. The maximum Gasteiger partial charge on any atom is 0.252 e. The van der Waals surface area contributed by atoms with Gasteiger partial charge < -0.3 is 18.9 Å². The summed E-state index contributed by atoms with van der Waals surface area (Å²) in [6.07, 6.45) is 0. The molecule has 0 spiro atoms. The van der Waals surface area contributed by atoms with E-state index in [1.807, 2.05) is 0 Å². The highest BCUT2D eigenvalue weighted by atomic mass is 15.2. The number of aromatic nitrogens is 2. The summed E-state index contributed by atoms with van der Waals surface area (Å²) in [7, 11) is 0. The summed E-state index contributed by atoms with van der Waals surface area (Å²) in [6.45, 7) is -0.293. The van der Waals surface area contributed by atoms with Crippen molar-refractivity contribution in [2.75, 3.05) is 9.80 Å². The molecule has 0 atom stereocenters. The van der Waals surface area contributed by atoms with Crippen LogP contribution >= 0.6 is 0 Å². The van der Waals surface area contributed by atoms with Crippen LogP contribution in [0.3, 0.4) is 0 Å². The first-order valence-corrected chi connectivity index (χ1v) is 37.0. The smallest absolute Gasteiger partial charge is 0.252 e. The van der Waals surface area contributed by atoms with E-state index in [1.165, 1.54) is 93.5 Å². The molecule has 4 heterocycles. The van der Waals surface area contributed by atoms with Crippen molar-refractivity contribution < 1.29 is 0 Å². The maximum absolute atomic E-state index is 2.61. The van der Waals surface area contributed by atoms with Gasteiger partial charge in [0, 0.05) is 77.9 Å². The van der Waals surface area contributed by atoms with E-state index in [-0.39, 0.29) is 6.71 Å². The molecule has 21 rings (SSSR count). The van der Waals surface area contributed by atoms with Crippen LogP contribution in [0.5, 0.6) is 0 Å². The average molecular weight is 1360 g/mol. The van der Waals surface area contributed by atoms with Gasteiger partial charge in [-0.2, -0.15) is 0 Å². The molecule has 2 aromatic heterocycles. The third-order valence-corrected chi connectivity index (χ3v) is 22.2. The molecule has 2 aliphatic heterocycles. The normalized spacial score (nSPS) is 12.2. The number of hydrogen-bond acceptors (Lipinski definition) is 2. The molecule has 4 nitrogen and oxygen atoms in total. The van der Waals surface area contributed by atoms with Gasteiger partial charge in [-0.3, -0.25) is 0 Å². The maximum atomic E-state index is 2.61. The van der Waals surface area contributed by atoms with Gasteiger partial charge in [-0.1, -0.05) is 297 Å². The summed E-state index contributed by atoms with van der Waals surface area (Å²) in [5.74, 6) is 0. The van der Waals surface area contributed by atoms with Crippen molar-refractivity contribution in [2.45, 2.75) is 0 Å². The van der Waals surface area contributed by atoms with Gasteiger partial charge in [0.2, 0.25) is 0 Å². The third-order valence-electron chi connectivity index (χ3n) is 22.2. The number of nitrogens with zero attached hydrogens (tertiary/aromatic N) is 4. The van der Waals surface area contributed by atoms with Gasteiger partial charge in [0.05, 0.1) is 33.4 Å². The van der Waals surface area contributed by atoms with Gasteiger partial charge >= 0.3 is 0 Å². The molecule has 5 heteroatoms. The molecule has 0 saturated carbocycles. The van der Waals surface area contributed by atoms with E-state index < -0.39 is 0 Å². The fourth-order valence-corrected chi connectivity index (χ4v) is 17.6. The van der Waals surface area contributed by atoms with Crippen molar-refractivity contribution in [3.8, 4) is 100 Å². The molecule has 0 fully saturated rings. The molecule has 0 radical (unpaired) electrons. The van der Waals surface area contributed by atoms with E-state index in [0.717, 1.165) is 101 Å². The lowest BCUT2D eigenvalue weighted by Gasteiger charge is -2.45. The Labute approximate surface area is 622 Å². The Kier molecular flexibility index (Phi) is 14.7. The van der Waals surface area contributed by atoms with Crippen LogP contribution in [0.4, 0.5) is 34.1 Å². The van der Waals surface area contributed by atoms with Crippen LogP contribution in [0.2, 0.25) is 0 Å². The highest BCUT2D eigenvalue weighted by Crippen LogP contribution is 2.51. The number of rotatable bonds is 12. The van der Waals surface area contributed by atoms with Crippen molar-refractivity contribution in [1.82, 2.24) is 9.13 Å². The van der Waals surface area contributed by atoms with Crippen molar-refractivity contribution in [3.63, 3.8) is 0 Å². The predicted octanol–water partition coefficient (Wildman–Crippen LogP) is 25.3. The number of benzene rings is 17. The Morgan fingerprint density at radius 2 is 0.467 bits per heavy atom. The number of para-hydroxylation sites is 6. The molecule has 2 aliphatic rings. The van der Waals surface area contributed by atoms with Crippen molar-refractivity contribution >= 4 is 101 Å². The second kappa shape index (κ2) is 25.5. The standard InChI is InChI=1S/C102H67BN4/c1-7-30-68(31-8-1)74-60-75(69-32-9-2-10-33-69)63-78(62-74)82-42-19-23-50-92(82)106-96-58-56-80(104-94-52-25-21-44-86(94)88-48-27-46-84(101(88)104)72-38-15-5-16-39-72)66-90(96)103-91-67-81(105-95-53-26-22-45-87(95)89-49-28-47-85(102(89)105)73-40-17-6-18-41-73)57-59-97(91)107(99-55-29-54-98(106)100(99)103)93-51-24-20-43-83(93)79-64-76(70-34-11-3-12-35-70)61-77(65-79)71-36-13-4-14-37-71/h1-67H. The molecule has 498 valence electrons. The molecule has 0 aliphatic carbocycles. The molecule has 0 amide bonds. The number of fused-ring (bicyclic) bond motifs is 10. The Hall–Kier alpha value is -14.0. The van der Waals surface area contributed by atoms with Gasteiger partial charge in [-0.25, -0.2) is 0 Å². The van der Waals surface area contributed by atoms with Crippen LogP contribution in [0.15, 0.2) is 406 Å². The number of hydrogen-bond donors (Lipinski definition) is 0. The Balaban J connectivity index is 0.873. The summed E-state index contributed by atoms with van der Waals surface area (Å²) in [5, 5.41) is 4.84. The number of anilines is 6. The van der Waals surface area contributed by atoms with Crippen molar-refractivity contribution in [2.24, 2.45) is 0 Å². The van der Waals surface area contributed by atoms with Crippen LogP contribution in [0.25, 0.3) is 144 Å². The van der Waals surface area contributed by atoms with Crippen LogP contribution in [0, 0.1) is 0 Å². The van der Waals surface area contributed by atoms with Crippen LogP contribution < -0.4 is 26.2 Å². The zero-order valence-corrected chi connectivity index (χ0v) is 58.5. The second-order valence-corrected chi connectivity index (χ2v) is 28.2. The van der Waals surface area contributed by atoms with Crippen LogP contribution in [-0.4, -0.2) is 15.8 Å². The van der Waals surface area contributed by atoms with Crippen molar-refractivity contribution in [3.05, 3.63) is 406 Å². The highest BCUT2D eigenvalue weighted by Gasteiger charge is 2.45. The highest BCUT2D eigenvalue weighted by molar-refractivity contribution is 7.00. The molecular weight excluding hydrogens is 1290 g/mol. The molecule has 0 saturated heterocycles. The summed E-state index contributed by atoms with van der Waals surface area (Å²) >= 11 is 0. The van der Waals surface area contributed by atoms with Crippen molar-refractivity contribution in [1.29, 1.82) is 0 Å². The van der Waals surface area contributed by atoms with Gasteiger partial charge in [0.25, 0.3) is 6.71 Å². The van der Waals surface area contributed by atoms with E-state index in [1.54, 1.807) is 0 Å². The fourth-order valence-electron chi connectivity index (χ4n) is 17.6. The molecule has 107 heavy (non-hydrogen) atoms. The lowest BCUT2D eigenvalue weighted by atomic mass is 9.33. The predicted molar refractivity (Wildman–Crippen MR) is 453 cm³/mol. The SMILES string of the molecule is c1ccc(-c2cc(-c3ccccc3)cc(-c3ccccc3N3c4ccc(-n5c6ccccc6c6cccc(-c7ccccc7)c65)cc4B4c5cc(-n6c7ccccc7c7cccc(-c8ccccc8)c76)ccc5N(c5ccccc5-c5cc(-c6ccccc6)cc(-c6ccccc6)c5)c5cccc3c54)c2)cc1. The van der Waals surface area contributed by atoms with Gasteiger partial charge in [-0.05, 0) is 192 Å². The summed E-state index contributed by atoms with van der Waals surface area (Å²) in [6, 6.07) is 151. The summed E-state index contributed by atoms with van der Waals surface area (Å²) < 4.78 is 5.10. The Morgan fingerprint density at radius 3 is 0.850 bits per heavy atom. The van der Waals surface area contributed by atoms with Crippen LogP contribution in [-0.2, 0) is 0 Å². The first-order valence-electron chi connectivity index (χ1n) is 37.0. The average Bonchev–Trinajstić information content (AvgIpc) is 1.45. The lowest BCUT2D eigenvalue weighted by molar-refractivity contribution is 1.17. The molecule has 19 aromatic rings. The van der Waals surface area contributed by atoms with Crippen LogP contribution in [0.1, 0.15) is 0 Å². The topological polar surface area (TPSA) is 16.3 Å². The monoisotopic (exact) mass is 1360 g/mol. The Morgan fingerprint density at radius 1 is 0.178 bits per heavy atom. The van der Waals surface area contributed by atoms with Gasteiger partial charge in [0.1, 0.15) is 0 Å². The first kappa shape index (κ1) is 61.7. The first-order chi connectivity index (χ1) is 53.1. The Bertz CT molecular complexity index is 6170. The zero-order chi connectivity index (χ0) is 70.5. The third kappa shape index (κ3) is 10.2. The largest absolute Gasteiger partial charge is 0.311 e. The van der Waals surface area contributed by atoms with E-state index in [0.29, 0.717) is 0 Å². The second-order valence-electron chi connectivity index (χ2n) is 28.2. The van der Waals surface area contributed by atoms with E-state index in [4.69, 9.17) is 0 Å². The lowest BCUT2D eigenvalue weighted by Crippen LogP contribution is -2.61.